The van der Waals surface area contributed by atoms with Crippen molar-refractivity contribution in [2.45, 2.75) is 109 Å². The van der Waals surface area contributed by atoms with Gasteiger partial charge in [0, 0.05) is 62.3 Å². The van der Waals surface area contributed by atoms with E-state index in [0.717, 1.165) is 57.3 Å². The molecular weight excluding hydrogens is 751 g/mol. The van der Waals surface area contributed by atoms with Crippen molar-refractivity contribution in [1.82, 2.24) is 34.9 Å². The van der Waals surface area contributed by atoms with Gasteiger partial charge in [0.25, 0.3) is 5.91 Å². The first-order valence-corrected chi connectivity index (χ1v) is 20.8. The average Bonchev–Trinajstić information content (AvgIpc) is 3.89. The highest BCUT2D eigenvalue weighted by atomic mass is 16.6. The smallest absolute Gasteiger partial charge is 0.405 e. The van der Waals surface area contributed by atoms with E-state index in [0.29, 0.717) is 37.0 Å². The molecule has 59 heavy (non-hydrogen) atoms. The van der Waals surface area contributed by atoms with Crippen LogP contribution in [0.5, 0.6) is 5.75 Å². The Kier molecular flexibility index (Phi) is 11.1. The van der Waals surface area contributed by atoms with Crippen LogP contribution in [0.1, 0.15) is 91.4 Å². The number of aryl methyl sites for hydroxylation is 4. The molecule has 0 radical (unpaired) electrons. The monoisotopic (exact) mass is 805 g/mol. The van der Waals surface area contributed by atoms with Crippen LogP contribution in [0, 0.1) is 37.0 Å². The molecule has 0 aliphatic heterocycles. The number of nitrogens with two attached hydrogens (primary N) is 2. The summed E-state index contributed by atoms with van der Waals surface area (Å²) >= 11 is 0. The predicted octanol–water partition coefficient (Wildman–Crippen LogP) is 5.49. The van der Waals surface area contributed by atoms with Gasteiger partial charge in [-0.1, -0.05) is 23.4 Å². The first kappa shape index (κ1) is 39.9. The number of anilines is 1. The lowest BCUT2D eigenvalue weighted by Gasteiger charge is -2.56. The van der Waals surface area contributed by atoms with Crippen molar-refractivity contribution in [3.05, 3.63) is 89.0 Å². The third-order valence-corrected chi connectivity index (χ3v) is 13.1. The quantitative estimate of drug-likeness (QED) is 0.0844. The van der Waals surface area contributed by atoms with Crippen LogP contribution in [0.2, 0.25) is 0 Å². The highest BCUT2D eigenvalue weighted by Gasteiger charge is 2.51. The van der Waals surface area contributed by atoms with Crippen molar-refractivity contribution in [2.75, 3.05) is 5.73 Å². The number of carbonyl (C=O) groups is 3. The fourth-order valence-electron chi connectivity index (χ4n) is 10.9. The van der Waals surface area contributed by atoms with Crippen LogP contribution in [0.3, 0.4) is 0 Å². The molecule has 3 heterocycles. The van der Waals surface area contributed by atoms with E-state index in [1.165, 1.54) is 38.5 Å². The second-order valence-electron chi connectivity index (χ2n) is 17.6. The van der Waals surface area contributed by atoms with E-state index in [9.17, 15) is 19.5 Å². The number of aromatic nitrogens is 5. The molecule has 5 aromatic rings. The molecular formula is C44H55N9O6. The first-order valence-electron chi connectivity index (χ1n) is 20.8. The Morgan fingerprint density at radius 2 is 1.71 bits per heavy atom. The fraction of sp³-hybridized carbons (Fsp3) is 0.500. The number of hydrogen-bond acceptors (Lipinski definition) is 10. The average molecular weight is 806 g/mol. The van der Waals surface area contributed by atoms with Crippen molar-refractivity contribution < 1.29 is 28.8 Å². The van der Waals surface area contributed by atoms with Gasteiger partial charge < -0.3 is 45.6 Å². The van der Waals surface area contributed by atoms with E-state index >= 15 is 0 Å². The van der Waals surface area contributed by atoms with Gasteiger partial charge in [0.15, 0.2) is 17.9 Å². The standard InChI is InChI=1S/C44H55N9O6/c1-25-13-31(54)14-26(2)33(25)19-34(48-40(56)37(58-43(46)57)9-6-11-53-12-10-47-42(53)45)39(55)49-35(18-30-24-52(3)36-8-5-4-7-32(30)36)41-50-38(51-59-41)23-44-20-27-15-28(21-44)17-29(16-27)22-44/h4-5,7-8,10,12-14,24,27-29,34-35,37,54H,6,9,11,15-23H2,1-3H3,(H2,45,47)(H2,46,57)(H,48,56)(H,49,55). The summed E-state index contributed by atoms with van der Waals surface area (Å²) in [4.78, 5) is 49.8. The van der Waals surface area contributed by atoms with Crippen LogP contribution in [0.15, 0.2) is 59.5 Å². The van der Waals surface area contributed by atoms with Crippen molar-refractivity contribution in [2.24, 2.45) is 36.0 Å². The zero-order chi connectivity index (χ0) is 41.4. The number of phenolic OH excluding ortho intramolecular Hbond substituents is 1. The maximum absolute atomic E-state index is 14.7. The Labute approximate surface area is 343 Å². The number of benzene rings is 2. The number of aromatic hydroxyl groups is 1. The minimum atomic E-state index is -1.29. The summed E-state index contributed by atoms with van der Waals surface area (Å²) in [6, 6.07) is 9.42. The summed E-state index contributed by atoms with van der Waals surface area (Å²) in [6.45, 7) is 4.10. The lowest BCUT2D eigenvalue weighted by atomic mass is 9.49. The number of rotatable bonds is 16. The summed E-state index contributed by atoms with van der Waals surface area (Å²) in [6.07, 6.45) is 12.2. The van der Waals surface area contributed by atoms with E-state index in [1.54, 1.807) is 29.1 Å². The van der Waals surface area contributed by atoms with Gasteiger partial charge in [-0.25, -0.2) is 9.78 Å². The molecule has 15 nitrogen and oxygen atoms in total. The third kappa shape index (κ3) is 8.79. The molecule has 4 aliphatic carbocycles. The number of ether oxygens (including phenoxy) is 1. The number of primary amides is 1. The second kappa shape index (κ2) is 16.4. The Morgan fingerprint density at radius 3 is 2.37 bits per heavy atom. The predicted molar refractivity (Wildman–Crippen MR) is 220 cm³/mol. The molecule has 0 spiro atoms. The summed E-state index contributed by atoms with van der Waals surface area (Å²) in [7, 11) is 1.98. The van der Waals surface area contributed by atoms with Crippen LogP contribution in [-0.4, -0.2) is 59.4 Å². The largest absolute Gasteiger partial charge is 0.508 e. The van der Waals surface area contributed by atoms with Gasteiger partial charge in [-0.3, -0.25) is 9.59 Å². The number of amides is 3. The van der Waals surface area contributed by atoms with Gasteiger partial charge in [-0.2, -0.15) is 4.98 Å². The number of nitrogens with zero attached hydrogens (tertiary/aromatic N) is 5. The number of nitrogens with one attached hydrogen (secondary N) is 2. The van der Waals surface area contributed by atoms with Crippen LogP contribution < -0.4 is 22.1 Å². The van der Waals surface area contributed by atoms with E-state index in [4.69, 9.17) is 25.7 Å². The Balaban J connectivity index is 1.08. The lowest BCUT2D eigenvalue weighted by Crippen LogP contribution is -2.52. The Bertz CT molecular complexity index is 2290. The van der Waals surface area contributed by atoms with E-state index in [1.807, 2.05) is 45.3 Å². The number of imidazole rings is 1. The zero-order valence-corrected chi connectivity index (χ0v) is 34.0. The van der Waals surface area contributed by atoms with Gasteiger partial charge in [-0.05, 0) is 129 Å². The molecule has 9 rings (SSSR count). The molecule has 4 saturated carbocycles. The molecule has 3 atom stereocenters. The Hall–Kier alpha value is -5.86. The second-order valence-corrected chi connectivity index (χ2v) is 17.6. The molecule has 4 aliphatic rings. The van der Waals surface area contributed by atoms with Crippen LogP contribution >= 0.6 is 0 Å². The molecule has 7 N–H and O–H groups in total. The molecule has 312 valence electrons. The summed E-state index contributed by atoms with van der Waals surface area (Å²) in [5, 5.41) is 21.9. The van der Waals surface area contributed by atoms with Crippen LogP contribution in [0.4, 0.5) is 10.7 Å². The number of para-hydroxylation sites is 1. The highest BCUT2D eigenvalue weighted by Crippen LogP contribution is 2.61. The third-order valence-electron chi connectivity index (χ3n) is 13.1. The molecule has 4 fully saturated rings. The minimum Gasteiger partial charge on any atom is -0.508 e. The summed E-state index contributed by atoms with van der Waals surface area (Å²) in [5.74, 6) is 2.52. The van der Waals surface area contributed by atoms with E-state index < -0.39 is 36.1 Å². The molecule has 3 aromatic heterocycles. The molecule has 4 bridgehead atoms. The SMILES string of the molecule is Cc1cc(O)cc(C)c1CC(NC(=O)C(CCCn1ccnc1N)OC(N)=O)C(=O)NC(Cc1cn(C)c2ccccc12)c1nc(CC23CC4CC(CC(C4)C2)C3)no1. The minimum absolute atomic E-state index is 0.0759. The normalized spacial score (nSPS) is 22.3. The van der Waals surface area contributed by atoms with Crippen molar-refractivity contribution >= 4 is 34.8 Å². The lowest BCUT2D eigenvalue weighted by molar-refractivity contribution is -0.134. The highest BCUT2D eigenvalue weighted by molar-refractivity contribution is 5.91. The number of carbonyl (C=O) groups excluding carboxylic acids is 3. The molecule has 3 unspecified atom stereocenters. The molecule has 2 aromatic carbocycles. The topological polar surface area (TPSA) is 218 Å². The number of phenols is 1. The number of nitrogen functional groups attached to an aromatic ring is 1. The number of fused-ring (bicyclic) bond motifs is 1. The van der Waals surface area contributed by atoms with Gasteiger partial charge in [0.05, 0.1) is 0 Å². The van der Waals surface area contributed by atoms with Crippen LogP contribution in [-0.2, 0) is 47.2 Å². The molecule has 0 saturated heterocycles. The maximum atomic E-state index is 14.7. The maximum Gasteiger partial charge on any atom is 0.405 e. The first-order chi connectivity index (χ1) is 28.3. The van der Waals surface area contributed by atoms with Gasteiger partial charge in [0.1, 0.15) is 17.8 Å². The fourth-order valence-corrected chi connectivity index (χ4v) is 10.9. The molecule has 3 amide bonds. The zero-order valence-electron chi connectivity index (χ0n) is 34.0. The van der Waals surface area contributed by atoms with Crippen molar-refractivity contribution in [1.29, 1.82) is 0 Å². The number of hydrogen-bond donors (Lipinski definition) is 5. The van der Waals surface area contributed by atoms with E-state index in [2.05, 4.69) is 31.4 Å². The summed E-state index contributed by atoms with van der Waals surface area (Å²) in [5.41, 5.74) is 15.8. The molecule has 15 heteroatoms. The van der Waals surface area contributed by atoms with Crippen molar-refractivity contribution in [3.8, 4) is 5.75 Å². The van der Waals surface area contributed by atoms with Crippen LogP contribution in [0.25, 0.3) is 10.9 Å². The van der Waals surface area contributed by atoms with Gasteiger partial charge in [0.2, 0.25) is 11.8 Å². The van der Waals surface area contributed by atoms with Gasteiger partial charge in [-0.15, -0.1) is 0 Å². The van der Waals surface area contributed by atoms with E-state index in [-0.39, 0.29) is 24.0 Å². The van der Waals surface area contributed by atoms with Gasteiger partial charge >= 0.3 is 6.09 Å². The Morgan fingerprint density at radius 1 is 1.02 bits per heavy atom. The summed E-state index contributed by atoms with van der Waals surface area (Å²) < 4.78 is 15.1. The van der Waals surface area contributed by atoms with Crippen molar-refractivity contribution in [3.63, 3.8) is 0 Å².